The minimum Gasteiger partial charge on any atom is -0.457 e. The summed E-state index contributed by atoms with van der Waals surface area (Å²) in [5.74, 6) is 1.72. The summed E-state index contributed by atoms with van der Waals surface area (Å²) in [5.41, 5.74) is 13.5. The van der Waals surface area contributed by atoms with Crippen LogP contribution in [0.3, 0.4) is 0 Å². The molecule has 1 atom stereocenters. The third kappa shape index (κ3) is 5.05. The van der Waals surface area contributed by atoms with Gasteiger partial charge in [-0.15, -0.1) is 11.3 Å². The number of benzene rings is 11. The highest BCUT2D eigenvalue weighted by Crippen LogP contribution is 2.61. The summed E-state index contributed by atoms with van der Waals surface area (Å²) in [5, 5.41) is 9.92. The SMILES string of the molecule is c1ccc2c(c1)Oc1cc(N(c3ccc4sc5ccccc5c4c3)c3ccc4c(c3)c3ccccc3n4-c3cccc4ccccc34)ccc1C21c2ccccc2-c2cccc3cccc1c23. The first-order valence-corrected chi connectivity index (χ1v) is 23.8. The van der Waals surface area contributed by atoms with Gasteiger partial charge in [0.15, 0.2) is 0 Å². The Bertz CT molecular complexity index is 4220. The minimum absolute atomic E-state index is 0.616. The number of hydrogen-bond donors (Lipinski definition) is 0. The largest absolute Gasteiger partial charge is 0.457 e. The van der Waals surface area contributed by atoms with Crippen molar-refractivity contribution in [2.75, 3.05) is 4.90 Å². The average Bonchev–Trinajstić information content (AvgIpc) is 3.92. The average molecular weight is 871 g/mol. The van der Waals surface area contributed by atoms with Crippen molar-refractivity contribution in [3.05, 3.63) is 253 Å². The van der Waals surface area contributed by atoms with Gasteiger partial charge in [0.25, 0.3) is 0 Å². The molecule has 0 bridgehead atoms. The van der Waals surface area contributed by atoms with Crippen LogP contribution in [0.15, 0.2) is 231 Å². The topological polar surface area (TPSA) is 17.4 Å². The molecule has 1 aliphatic heterocycles. The molecule has 1 unspecified atom stereocenters. The molecule has 4 heteroatoms. The monoisotopic (exact) mass is 870 g/mol. The van der Waals surface area contributed by atoms with E-state index in [1.165, 1.54) is 91.5 Å². The summed E-state index contributed by atoms with van der Waals surface area (Å²) in [6.45, 7) is 0. The van der Waals surface area contributed by atoms with Crippen LogP contribution in [0.25, 0.3) is 80.3 Å². The maximum absolute atomic E-state index is 7.17. The second kappa shape index (κ2) is 13.8. The van der Waals surface area contributed by atoms with Crippen LogP contribution in [-0.2, 0) is 5.41 Å². The Labute approximate surface area is 390 Å². The molecule has 11 aromatic carbocycles. The molecule has 15 rings (SSSR count). The Morgan fingerprint density at radius 1 is 0.373 bits per heavy atom. The van der Waals surface area contributed by atoms with Crippen LogP contribution in [-0.4, -0.2) is 4.57 Å². The predicted molar refractivity (Wildman–Crippen MR) is 281 cm³/mol. The lowest BCUT2D eigenvalue weighted by Crippen LogP contribution is -2.36. The molecule has 2 aromatic heterocycles. The summed E-state index contributed by atoms with van der Waals surface area (Å²) in [7, 11) is 0. The van der Waals surface area contributed by atoms with Crippen molar-refractivity contribution in [1.29, 1.82) is 0 Å². The summed E-state index contributed by atoms with van der Waals surface area (Å²) < 4.78 is 12.2. The van der Waals surface area contributed by atoms with Gasteiger partial charge in [-0.1, -0.05) is 158 Å². The molecule has 0 saturated heterocycles. The Kier molecular flexibility index (Phi) is 7.58. The highest BCUT2D eigenvalue weighted by atomic mass is 32.1. The summed E-state index contributed by atoms with van der Waals surface area (Å²) in [6.07, 6.45) is 0. The summed E-state index contributed by atoms with van der Waals surface area (Å²) in [6, 6.07) is 85.0. The number of hydrogen-bond acceptors (Lipinski definition) is 3. The van der Waals surface area contributed by atoms with E-state index in [9.17, 15) is 0 Å². The van der Waals surface area contributed by atoms with Crippen LogP contribution >= 0.6 is 11.3 Å². The second-order valence-corrected chi connectivity index (χ2v) is 19.0. The van der Waals surface area contributed by atoms with Gasteiger partial charge in [0.05, 0.1) is 22.1 Å². The second-order valence-electron chi connectivity index (χ2n) is 17.9. The van der Waals surface area contributed by atoms with Crippen LogP contribution in [0.1, 0.15) is 22.3 Å². The van der Waals surface area contributed by atoms with Crippen LogP contribution in [0.4, 0.5) is 17.1 Å². The first kappa shape index (κ1) is 36.9. The number of ether oxygens (including phenoxy) is 1. The Morgan fingerprint density at radius 3 is 1.90 bits per heavy atom. The van der Waals surface area contributed by atoms with Crippen molar-refractivity contribution in [2.24, 2.45) is 0 Å². The van der Waals surface area contributed by atoms with E-state index < -0.39 is 5.41 Å². The maximum Gasteiger partial charge on any atom is 0.134 e. The highest BCUT2D eigenvalue weighted by molar-refractivity contribution is 7.25. The van der Waals surface area contributed by atoms with Crippen LogP contribution in [0, 0.1) is 0 Å². The molecule has 0 amide bonds. The fraction of sp³-hybridized carbons (Fsp3) is 0.0159. The lowest BCUT2D eigenvalue weighted by molar-refractivity contribution is 0.435. The standard InChI is InChI=1S/C63H38N2OS/c1-2-18-44-39(14-1)15-13-27-55(44)65-56-26-8-4-20-46(56)49-36-41(31-34-57(49)65)64(42-32-35-61-50(37-42)47-21-5-10-29-60(47)67-61)43-30-33-53-59(38-43)66-58-28-9-7-24-52(58)63(53)51-23-6-3-19-45(51)48-22-11-16-40-17-12-25-54(63)62(40)48/h1-38H. The Hall–Kier alpha value is -8.44. The molecule has 0 fully saturated rings. The number of nitrogens with zero attached hydrogens (tertiary/aromatic N) is 2. The molecular formula is C63H38N2OS. The van der Waals surface area contributed by atoms with Crippen molar-refractivity contribution in [3.63, 3.8) is 0 Å². The van der Waals surface area contributed by atoms with Gasteiger partial charge >= 0.3 is 0 Å². The van der Waals surface area contributed by atoms with Gasteiger partial charge in [0.1, 0.15) is 11.5 Å². The van der Waals surface area contributed by atoms with Gasteiger partial charge in [0.2, 0.25) is 0 Å². The van der Waals surface area contributed by atoms with Gasteiger partial charge in [0, 0.05) is 70.6 Å². The number of para-hydroxylation sites is 2. The van der Waals surface area contributed by atoms with E-state index in [-0.39, 0.29) is 0 Å². The van der Waals surface area contributed by atoms with E-state index in [1.807, 2.05) is 11.3 Å². The fourth-order valence-electron chi connectivity index (χ4n) is 11.9. The zero-order valence-electron chi connectivity index (χ0n) is 36.2. The van der Waals surface area contributed by atoms with Gasteiger partial charge in [-0.2, -0.15) is 0 Å². The molecule has 312 valence electrons. The normalized spacial score (nSPS) is 14.7. The molecule has 0 radical (unpaired) electrons. The van der Waals surface area contributed by atoms with Crippen molar-refractivity contribution >= 4 is 91.9 Å². The first-order chi connectivity index (χ1) is 33.2. The lowest BCUT2D eigenvalue weighted by atomic mass is 9.58. The van der Waals surface area contributed by atoms with E-state index in [1.54, 1.807) is 0 Å². The Morgan fingerprint density at radius 2 is 0.970 bits per heavy atom. The van der Waals surface area contributed by atoms with Crippen LogP contribution < -0.4 is 9.64 Å². The molecule has 0 N–H and O–H groups in total. The number of aromatic nitrogens is 1. The van der Waals surface area contributed by atoms with E-state index in [0.717, 1.165) is 39.7 Å². The van der Waals surface area contributed by atoms with Gasteiger partial charge < -0.3 is 14.2 Å². The zero-order valence-corrected chi connectivity index (χ0v) is 37.0. The quantitative estimate of drug-likeness (QED) is 0.175. The molecule has 2 aliphatic rings. The molecular weight excluding hydrogens is 833 g/mol. The highest BCUT2D eigenvalue weighted by Gasteiger charge is 2.49. The molecule has 13 aromatic rings. The number of fused-ring (bicyclic) bond motifs is 15. The molecule has 67 heavy (non-hydrogen) atoms. The fourth-order valence-corrected chi connectivity index (χ4v) is 13.0. The van der Waals surface area contributed by atoms with Crippen molar-refractivity contribution < 1.29 is 4.74 Å². The van der Waals surface area contributed by atoms with Crippen molar-refractivity contribution in [1.82, 2.24) is 4.57 Å². The van der Waals surface area contributed by atoms with E-state index in [0.29, 0.717) is 0 Å². The molecule has 1 aliphatic carbocycles. The first-order valence-electron chi connectivity index (χ1n) is 23.0. The van der Waals surface area contributed by atoms with Crippen molar-refractivity contribution in [2.45, 2.75) is 5.41 Å². The van der Waals surface area contributed by atoms with Gasteiger partial charge in [-0.3, -0.25) is 0 Å². The third-order valence-electron chi connectivity index (χ3n) is 14.6. The number of thiophene rings is 1. The van der Waals surface area contributed by atoms with E-state index >= 15 is 0 Å². The maximum atomic E-state index is 7.17. The third-order valence-corrected chi connectivity index (χ3v) is 15.8. The van der Waals surface area contributed by atoms with Gasteiger partial charge in [-0.25, -0.2) is 0 Å². The minimum atomic E-state index is -0.616. The zero-order chi connectivity index (χ0) is 43.8. The molecule has 1 spiro atoms. The summed E-state index contributed by atoms with van der Waals surface area (Å²) in [4.78, 5) is 2.43. The lowest BCUT2D eigenvalue weighted by Gasteiger charge is -2.45. The van der Waals surface area contributed by atoms with Gasteiger partial charge in [-0.05, 0) is 105 Å². The Balaban J connectivity index is 0.994. The predicted octanol–water partition coefficient (Wildman–Crippen LogP) is 17.4. The van der Waals surface area contributed by atoms with Crippen LogP contribution in [0.5, 0.6) is 11.5 Å². The number of rotatable bonds is 4. The molecule has 0 saturated carbocycles. The summed E-state index contributed by atoms with van der Waals surface area (Å²) >= 11 is 1.85. The smallest absolute Gasteiger partial charge is 0.134 e. The van der Waals surface area contributed by atoms with E-state index in [2.05, 4.69) is 240 Å². The number of anilines is 3. The van der Waals surface area contributed by atoms with Crippen LogP contribution in [0.2, 0.25) is 0 Å². The molecule has 3 nitrogen and oxygen atoms in total. The van der Waals surface area contributed by atoms with Crippen molar-refractivity contribution in [3.8, 4) is 28.3 Å². The van der Waals surface area contributed by atoms with E-state index in [4.69, 9.17) is 4.74 Å². The molecule has 3 heterocycles.